The van der Waals surface area contributed by atoms with Gasteiger partial charge in [-0.15, -0.1) is 0 Å². The third kappa shape index (κ3) is 4.39. The number of carbonyl (C=O) groups is 1. The monoisotopic (exact) mass is 350 g/mol. The summed E-state index contributed by atoms with van der Waals surface area (Å²) in [5, 5.41) is 2.74. The molecule has 0 heterocycles. The molecule has 3 N–H and O–H groups in total. The molecule has 0 saturated heterocycles. The van der Waals surface area contributed by atoms with E-state index in [9.17, 15) is 4.79 Å². The average Bonchev–Trinajstić information content (AvgIpc) is 2.45. The Hall–Kier alpha value is -2.21. The number of rotatable bonds is 5. The Bertz CT molecular complexity index is 647. The van der Waals surface area contributed by atoms with Crippen LogP contribution in [0.5, 0.6) is 11.5 Å². The molecule has 6 heteroatoms. The lowest BCUT2D eigenvalue weighted by molar-refractivity contribution is -0.118. The van der Waals surface area contributed by atoms with Crippen LogP contribution in [0.1, 0.15) is 0 Å². The third-order valence-corrected chi connectivity index (χ3v) is 3.17. The molecule has 0 aliphatic heterocycles. The molecule has 0 fully saturated rings. The molecule has 5 nitrogen and oxygen atoms in total. The van der Waals surface area contributed by atoms with Crippen LogP contribution in [0.3, 0.4) is 0 Å². The summed E-state index contributed by atoms with van der Waals surface area (Å²) in [7, 11) is 1.54. The topological polar surface area (TPSA) is 73.6 Å². The number of amides is 1. The van der Waals surface area contributed by atoms with Gasteiger partial charge in [-0.25, -0.2) is 0 Å². The second-order valence-electron chi connectivity index (χ2n) is 4.25. The average molecular weight is 351 g/mol. The van der Waals surface area contributed by atoms with E-state index in [4.69, 9.17) is 15.2 Å². The number of nitrogens with two attached hydrogens (primary N) is 1. The van der Waals surface area contributed by atoms with Crippen molar-refractivity contribution in [1.29, 1.82) is 0 Å². The van der Waals surface area contributed by atoms with Gasteiger partial charge in [0.2, 0.25) is 0 Å². The SMILES string of the molecule is COc1ccc(OCC(=O)Nc2cccc(Br)c2)cc1N. The van der Waals surface area contributed by atoms with E-state index in [1.807, 2.05) is 18.2 Å². The Labute approximate surface area is 131 Å². The van der Waals surface area contributed by atoms with Gasteiger partial charge in [0.25, 0.3) is 5.91 Å². The van der Waals surface area contributed by atoms with Crippen molar-refractivity contribution in [3.63, 3.8) is 0 Å². The first kappa shape index (κ1) is 15.2. The number of hydrogen-bond acceptors (Lipinski definition) is 4. The van der Waals surface area contributed by atoms with Crippen molar-refractivity contribution in [3.05, 3.63) is 46.9 Å². The molecule has 0 bridgehead atoms. The van der Waals surface area contributed by atoms with Crippen molar-refractivity contribution < 1.29 is 14.3 Å². The zero-order valence-electron chi connectivity index (χ0n) is 11.4. The minimum atomic E-state index is -0.248. The molecule has 110 valence electrons. The highest BCUT2D eigenvalue weighted by Gasteiger charge is 2.06. The van der Waals surface area contributed by atoms with Gasteiger partial charge in [-0.2, -0.15) is 0 Å². The first-order chi connectivity index (χ1) is 10.1. The van der Waals surface area contributed by atoms with E-state index in [1.54, 1.807) is 24.3 Å². The third-order valence-electron chi connectivity index (χ3n) is 2.68. The maximum absolute atomic E-state index is 11.8. The lowest BCUT2D eigenvalue weighted by Gasteiger charge is -2.10. The van der Waals surface area contributed by atoms with Crippen molar-refractivity contribution in [1.82, 2.24) is 0 Å². The normalized spacial score (nSPS) is 10.0. The smallest absolute Gasteiger partial charge is 0.262 e. The Morgan fingerprint density at radius 3 is 2.76 bits per heavy atom. The van der Waals surface area contributed by atoms with Crippen LogP contribution in [0.4, 0.5) is 11.4 Å². The molecule has 0 radical (unpaired) electrons. The maximum Gasteiger partial charge on any atom is 0.262 e. The highest BCUT2D eigenvalue weighted by molar-refractivity contribution is 9.10. The van der Waals surface area contributed by atoms with Crippen LogP contribution >= 0.6 is 15.9 Å². The highest BCUT2D eigenvalue weighted by Crippen LogP contribution is 2.25. The Kier molecular flexibility index (Phi) is 5.05. The molecule has 0 unspecified atom stereocenters. The number of nitrogen functional groups attached to an aromatic ring is 1. The number of carbonyl (C=O) groups excluding carboxylic acids is 1. The Balaban J connectivity index is 1.90. The zero-order chi connectivity index (χ0) is 15.2. The molecule has 0 atom stereocenters. The number of anilines is 2. The predicted octanol–water partition coefficient (Wildman–Crippen LogP) is 3.06. The van der Waals surface area contributed by atoms with Crippen molar-refractivity contribution in [2.45, 2.75) is 0 Å². The van der Waals surface area contributed by atoms with E-state index in [1.165, 1.54) is 7.11 Å². The number of nitrogens with one attached hydrogen (secondary N) is 1. The van der Waals surface area contributed by atoms with Gasteiger partial charge >= 0.3 is 0 Å². The van der Waals surface area contributed by atoms with Crippen LogP contribution in [0, 0.1) is 0 Å². The van der Waals surface area contributed by atoms with E-state index < -0.39 is 0 Å². The fraction of sp³-hybridized carbons (Fsp3) is 0.133. The molecular weight excluding hydrogens is 336 g/mol. The van der Waals surface area contributed by atoms with Gasteiger partial charge in [-0.3, -0.25) is 4.79 Å². The lowest BCUT2D eigenvalue weighted by Crippen LogP contribution is -2.20. The Morgan fingerprint density at radius 2 is 2.10 bits per heavy atom. The molecule has 0 aliphatic rings. The molecule has 2 aromatic carbocycles. The number of hydrogen-bond donors (Lipinski definition) is 2. The van der Waals surface area contributed by atoms with Gasteiger partial charge in [-0.1, -0.05) is 22.0 Å². The summed E-state index contributed by atoms with van der Waals surface area (Å²) in [5.41, 5.74) is 6.93. The number of halogens is 1. The van der Waals surface area contributed by atoms with E-state index in [0.29, 0.717) is 22.9 Å². The van der Waals surface area contributed by atoms with Gasteiger partial charge in [0.15, 0.2) is 6.61 Å². The number of ether oxygens (including phenoxy) is 2. The van der Waals surface area contributed by atoms with Crippen molar-refractivity contribution in [2.75, 3.05) is 24.8 Å². The molecule has 0 spiro atoms. The molecule has 1 amide bonds. The van der Waals surface area contributed by atoms with Gasteiger partial charge in [0.05, 0.1) is 12.8 Å². The molecule has 21 heavy (non-hydrogen) atoms. The zero-order valence-corrected chi connectivity index (χ0v) is 13.0. The minimum absolute atomic E-state index is 0.0989. The summed E-state index contributed by atoms with van der Waals surface area (Å²) < 4.78 is 11.3. The van der Waals surface area contributed by atoms with E-state index in [-0.39, 0.29) is 12.5 Å². The molecule has 0 aliphatic carbocycles. The summed E-state index contributed by atoms with van der Waals surface area (Å²) in [4.78, 5) is 11.8. The second-order valence-corrected chi connectivity index (χ2v) is 5.17. The van der Waals surface area contributed by atoms with Crippen molar-refractivity contribution in [2.24, 2.45) is 0 Å². The lowest BCUT2D eigenvalue weighted by atomic mass is 10.3. The first-order valence-corrected chi connectivity index (χ1v) is 6.99. The van der Waals surface area contributed by atoms with Crippen LogP contribution in [0.25, 0.3) is 0 Å². The van der Waals surface area contributed by atoms with Crippen molar-refractivity contribution in [3.8, 4) is 11.5 Å². The molecular formula is C15H15BrN2O3. The summed E-state index contributed by atoms with van der Waals surface area (Å²) in [6, 6.07) is 12.3. The van der Waals surface area contributed by atoms with Gasteiger partial charge in [0.1, 0.15) is 11.5 Å². The largest absolute Gasteiger partial charge is 0.495 e. The second kappa shape index (κ2) is 6.99. The summed E-state index contributed by atoms with van der Waals surface area (Å²) in [6.45, 7) is -0.0989. The van der Waals surface area contributed by atoms with Crippen molar-refractivity contribution >= 4 is 33.2 Å². The van der Waals surface area contributed by atoms with Gasteiger partial charge < -0.3 is 20.5 Å². The van der Waals surface area contributed by atoms with Crippen LogP contribution in [-0.4, -0.2) is 19.6 Å². The number of methoxy groups -OCH3 is 1. The molecule has 2 aromatic rings. The Morgan fingerprint density at radius 1 is 1.29 bits per heavy atom. The van der Waals surface area contributed by atoms with Crippen LogP contribution in [0.15, 0.2) is 46.9 Å². The maximum atomic E-state index is 11.8. The first-order valence-electron chi connectivity index (χ1n) is 6.20. The predicted molar refractivity (Wildman–Crippen MR) is 85.7 cm³/mol. The summed E-state index contributed by atoms with van der Waals surface area (Å²) in [5.74, 6) is 0.834. The summed E-state index contributed by atoms with van der Waals surface area (Å²) >= 11 is 3.34. The number of benzene rings is 2. The van der Waals surface area contributed by atoms with Gasteiger partial charge in [0, 0.05) is 16.2 Å². The fourth-order valence-corrected chi connectivity index (χ4v) is 2.11. The van der Waals surface area contributed by atoms with Crippen LogP contribution in [-0.2, 0) is 4.79 Å². The standard InChI is InChI=1S/C15H15BrN2O3/c1-20-14-6-5-12(8-13(14)17)21-9-15(19)18-11-4-2-3-10(16)7-11/h2-8H,9,17H2,1H3,(H,18,19). The molecule has 0 saturated carbocycles. The van der Waals surface area contributed by atoms with Crippen LogP contribution in [0.2, 0.25) is 0 Å². The molecule has 0 aromatic heterocycles. The van der Waals surface area contributed by atoms with E-state index in [0.717, 1.165) is 4.47 Å². The van der Waals surface area contributed by atoms with Crippen LogP contribution < -0.4 is 20.5 Å². The van der Waals surface area contributed by atoms with Gasteiger partial charge in [-0.05, 0) is 30.3 Å². The fourth-order valence-electron chi connectivity index (χ4n) is 1.71. The highest BCUT2D eigenvalue weighted by atomic mass is 79.9. The molecule has 2 rings (SSSR count). The quantitative estimate of drug-likeness (QED) is 0.812. The van der Waals surface area contributed by atoms with E-state index >= 15 is 0 Å². The van der Waals surface area contributed by atoms with E-state index in [2.05, 4.69) is 21.2 Å². The summed E-state index contributed by atoms with van der Waals surface area (Å²) in [6.07, 6.45) is 0. The minimum Gasteiger partial charge on any atom is -0.495 e.